The van der Waals surface area contributed by atoms with Gasteiger partial charge in [-0.05, 0) is 26.1 Å². The van der Waals surface area contributed by atoms with Crippen LogP contribution in [0.15, 0.2) is 16.9 Å². The second-order valence-corrected chi connectivity index (χ2v) is 5.67. The fourth-order valence-electron chi connectivity index (χ4n) is 2.41. The third-order valence-electron chi connectivity index (χ3n) is 3.89. The molecule has 0 radical (unpaired) electrons. The molecule has 6 nitrogen and oxygen atoms in total. The topological polar surface area (TPSA) is 63.6 Å². The lowest BCUT2D eigenvalue weighted by Crippen LogP contribution is -2.38. The number of nitrogens with one attached hydrogen (secondary N) is 1. The molecule has 0 aliphatic carbocycles. The second-order valence-electron chi connectivity index (χ2n) is 5.67. The van der Waals surface area contributed by atoms with Crippen LogP contribution in [0.5, 0.6) is 0 Å². The minimum Gasteiger partial charge on any atom is -0.380 e. The van der Waals surface area contributed by atoms with Gasteiger partial charge in [0.25, 0.3) is 11.5 Å². The fourth-order valence-corrected chi connectivity index (χ4v) is 2.41. The summed E-state index contributed by atoms with van der Waals surface area (Å²) in [6, 6.07) is 3.36. The average Bonchev–Trinajstić information content (AvgIpc) is 2.66. The van der Waals surface area contributed by atoms with Gasteiger partial charge in [-0.3, -0.25) is 9.59 Å². The van der Waals surface area contributed by atoms with Gasteiger partial charge in [0, 0.05) is 38.3 Å². The van der Waals surface area contributed by atoms with Crippen LogP contribution in [0.2, 0.25) is 0 Å². The number of hydrogen-bond donors (Lipinski definition) is 1. The highest BCUT2D eigenvalue weighted by Gasteiger charge is 2.18. The van der Waals surface area contributed by atoms with Gasteiger partial charge < -0.3 is 19.5 Å². The minimum atomic E-state index is -0.317. The zero-order chi connectivity index (χ0) is 15.4. The number of hydrogen-bond acceptors (Lipinski definition) is 4. The van der Waals surface area contributed by atoms with Crippen LogP contribution in [0.4, 0.5) is 0 Å². The summed E-state index contributed by atoms with van der Waals surface area (Å²) in [7, 11) is 3.71. The maximum atomic E-state index is 12.2. The van der Waals surface area contributed by atoms with Crippen molar-refractivity contribution in [2.45, 2.75) is 6.92 Å². The largest absolute Gasteiger partial charge is 0.380 e. The van der Waals surface area contributed by atoms with Crippen molar-refractivity contribution in [3.63, 3.8) is 0 Å². The van der Waals surface area contributed by atoms with Crippen molar-refractivity contribution in [3.05, 3.63) is 33.7 Å². The predicted octanol–water partition coefficient (Wildman–Crippen LogP) is 0.00172. The van der Waals surface area contributed by atoms with Gasteiger partial charge >= 0.3 is 0 Å². The van der Waals surface area contributed by atoms with E-state index in [0.29, 0.717) is 13.2 Å². The van der Waals surface area contributed by atoms with E-state index in [2.05, 4.69) is 10.2 Å². The molecule has 0 bridgehead atoms. The molecule has 0 saturated carbocycles. The Hall–Kier alpha value is -1.66. The summed E-state index contributed by atoms with van der Waals surface area (Å²) in [5.74, 6) is -0.0711. The van der Waals surface area contributed by atoms with Crippen LogP contribution in [0.25, 0.3) is 0 Å². The van der Waals surface area contributed by atoms with Crippen LogP contribution in [0.3, 0.4) is 0 Å². The number of aromatic nitrogens is 1. The number of ether oxygens (including phenoxy) is 1. The van der Waals surface area contributed by atoms with Crippen LogP contribution >= 0.6 is 0 Å². The third-order valence-corrected chi connectivity index (χ3v) is 3.89. The lowest BCUT2D eigenvalue weighted by molar-refractivity contribution is 0.0919. The van der Waals surface area contributed by atoms with Gasteiger partial charge in [-0.1, -0.05) is 0 Å². The Bertz CT molecular complexity index is 568. The Morgan fingerprint density at radius 3 is 2.95 bits per heavy atom. The van der Waals surface area contributed by atoms with E-state index in [1.165, 1.54) is 4.57 Å². The van der Waals surface area contributed by atoms with Crippen LogP contribution in [-0.2, 0) is 11.8 Å². The normalized spacial score (nSPS) is 20.0. The summed E-state index contributed by atoms with van der Waals surface area (Å²) in [6.07, 6.45) is 0. The van der Waals surface area contributed by atoms with Gasteiger partial charge in [-0.25, -0.2) is 0 Å². The van der Waals surface area contributed by atoms with Crippen molar-refractivity contribution in [2.75, 3.05) is 39.9 Å². The first-order valence-electron chi connectivity index (χ1n) is 7.20. The standard InChI is InChI=1S/C15H23N3O3/c1-11-4-5-13(15(20)18(11)3)14(19)16-8-12-9-17(2)6-7-21-10-12/h4-5,12H,6-10H2,1-3H3,(H,16,19). The Kier molecular flexibility index (Phi) is 5.14. The van der Waals surface area contributed by atoms with Crippen LogP contribution < -0.4 is 10.9 Å². The van der Waals surface area contributed by atoms with E-state index < -0.39 is 0 Å². The van der Waals surface area contributed by atoms with E-state index in [1.807, 2.05) is 14.0 Å². The van der Waals surface area contributed by atoms with Crippen molar-refractivity contribution < 1.29 is 9.53 Å². The first kappa shape index (κ1) is 15.7. The maximum absolute atomic E-state index is 12.2. The van der Waals surface area contributed by atoms with E-state index in [0.717, 1.165) is 25.4 Å². The summed E-state index contributed by atoms with van der Waals surface area (Å²) >= 11 is 0. The number of aryl methyl sites for hydroxylation is 1. The lowest BCUT2D eigenvalue weighted by atomic mass is 10.1. The van der Waals surface area contributed by atoms with Gasteiger partial charge in [0.05, 0.1) is 13.2 Å². The van der Waals surface area contributed by atoms with Crippen molar-refractivity contribution in [2.24, 2.45) is 13.0 Å². The Morgan fingerprint density at radius 1 is 1.43 bits per heavy atom. The van der Waals surface area contributed by atoms with E-state index >= 15 is 0 Å². The van der Waals surface area contributed by atoms with E-state index in [1.54, 1.807) is 19.2 Å². The molecule has 1 unspecified atom stereocenters. The number of rotatable bonds is 3. The molecular formula is C15H23N3O3. The summed E-state index contributed by atoms with van der Waals surface area (Å²) < 4.78 is 7.00. The van der Waals surface area contributed by atoms with Crippen LogP contribution in [0, 0.1) is 12.8 Å². The molecule has 1 fully saturated rings. The SMILES string of the molecule is Cc1ccc(C(=O)NCC2COCCN(C)C2)c(=O)n1C. The van der Waals surface area contributed by atoms with Gasteiger partial charge in [-0.2, -0.15) is 0 Å². The fraction of sp³-hybridized carbons (Fsp3) is 0.600. The zero-order valence-electron chi connectivity index (χ0n) is 12.9. The molecule has 1 aromatic rings. The Labute approximate surface area is 124 Å². The third kappa shape index (κ3) is 3.92. The number of likely N-dealkylation sites (N-methyl/N-ethyl adjacent to an activating group) is 1. The minimum absolute atomic E-state index is 0.186. The average molecular weight is 293 g/mol. The first-order chi connectivity index (χ1) is 9.99. The molecule has 116 valence electrons. The molecule has 2 heterocycles. The summed E-state index contributed by atoms with van der Waals surface area (Å²) in [5.41, 5.74) is 0.753. The summed E-state index contributed by atoms with van der Waals surface area (Å²) in [6.45, 7) is 5.49. The molecule has 1 aliphatic heterocycles. The highest BCUT2D eigenvalue weighted by Crippen LogP contribution is 2.05. The van der Waals surface area contributed by atoms with Crippen molar-refractivity contribution >= 4 is 5.91 Å². The lowest BCUT2D eigenvalue weighted by Gasteiger charge is -2.19. The van der Waals surface area contributed by atoms with Crippen LogP contribution in [0.1, 0.15) is 16.1 Å². The summed E-state index contributed by atoms with van der Waals surface area (Å²) in [4.78, 5) is 26.4. The molecule has 2 rings (SSSR count). The highest BCUT2D eigenvalue weighted by atomic mass is 16.5. The predicted molar refractivity (Wildman–Crippen MR) is 80.6 cm³/mol. The molecule has 1 atom stereocenters. The number of carbonyl (C=O) groups excluding carboxylic acids is 1. The number of amides is 1. The van der Waals surface area contributed by atoms with Crippen molar-refractivity contribution in [3.8, 4) is 0 Å². The molecule has 1 saturated heterocycles. The first-order valence-corrected chi connectivity index (χ1v) is 7.20. The quantitative estimate of drug-likeness (QED) is 0.852. The van der Waals surface area contributed by atoms with Gasteiger partial charge in [0.15, 0.2) is 0 Å². The molecule has 0 aromatic carbocycles. The maximum Gasteiger partial charge on any atom is 0.263 e. The van der Waals surface area contributed by atoms with Gasteiger partial charge in [0.1, 0.15) is 5.56 Å². The Morgan fingerprint density at radius 2 is 2.19 bits per heavy atom. The van der Waals surface area contributed by atoms with Crippen molar-refractivity contribution in [1.82, 2.24) is 14.8 Å². The monoisotopic (exact) mass is 293 g/mol. The molecule has 6 heteroatoms. The van der Waals surface area contributed by atoms with Crippen LogP contribution in [-0.4, -0.2) is 55.3 Å². The smallest absolute Gasteiger partial charge is 0.263 e. The number of carbonyl (C=O) groups is 1. The summed E-state index contributed by atoms with van der Waals surface area (Å²) in [5, 5.41) is 2.85. The van der Waals surface area contributed by atoms with Gasteiger partial charge in [-0.15, -0.1) is 0 Å². The van der Waals surface area contributed by atoms with E-state index in [-0.39, 0.29) is 22.9 Å². The van der Waals surface area contributed by atoms with E-state index in [9.17, 15) is 9.59 Å². The molecular weight excluding hydrogens is 270 g/mol. The van der Waals surface area contributed by atoms with Gasteiger partial charge in [0.2, 0.25) is 0 Å². The molecule has 0 spiro atoms. The second kappa shape index (κ2) is 6.87. The zero-order valence-corrected chi connectivity index (χ0v) is 12.9. The molecule has 1 aromatic heterocycles. The molecule has 21 heavy (non-hydrogen) atoms. The molecule has 1 amide bonds. The molecule has 1 N–H and O–H groups in total. The number of pyridine rings is 1. The van der Waals surface area contributed by atoms with E-state index in [4.69, 9.17) is 4.74 Å². The van der Waals surface area contributed by atoms with Crippen molar-refractivity contribution in [1.29, 1.82) is 0 Å². The highest BCUT2D eigenvalue weighted by molar-refractivity contribution is 5.93. The molecule has 1 aliphatic rings. The number of nitrogens with zero attached hydrogens (tertiary/aromatic N) is 2. The Balaban J connectivity index is 1.99.